The lowest BCUT2D eigenvalue weighted by atomic mass is 9.73. The van der Waals surface area contributed by atoms with Crippen molar-refractivity contribution in [1.29, 1.82) is 0 Å². The largest absolute Gasteiger partial charge is 0.481 e. The number of hydrogen-bond acceptors (Lipinski definition) is 5. The molecule has 1 aliphatic rings. The number of aryl methyl sites for hydroxylation is 2. The summed E-state index contributed by atoms with van der Waals surface area (Å²) in [6, 6.07) is 0. The second-order valence-electron chi connectivity index (χ2n) is 7.29. The van der Waals surface area contributed by atoms with E-state index in [9.17, 15) is 23.4 Å². The Labute approximate surface area is 148 Å². The van der Waals surface area contributed by atoms with Gasteiger partial charge in [0.25, 0.3) is 10.0 Å². The van der Waals surface area contributed by atoms with Crippen LogP contribution in [0.25, 0.3) is 0 Å². The van der Waals surface area contributed by atoms with E-state index in [1.54, 1.807) is 14.0 Å². The number of rotatable bonds is 6. The van der Waals surface area contributed by atoms with Crippen LogP contribution < -0.4 is 0 Å². The number of carboxylic acid groups (broad SMARTS) is 1. The molecule has 2 rings (SSSR count). The smallest absolute Gasteiger partial charge is 0.313 e. The molecule has 2 heterocycles. The molecule has 0 aromatic carbocycles. The van der Waals surface area contributed by atoms with Crippen LogP contribution in [0.5, 0.6) is 0 Å². The molecule has 9 heteroatoms. The van der Waals surface area contributed by atoms with Crippen molar-refractivity contribution in [3.8, 4) is 0 Å². The number of hydrogen-bond donors (Lipinski definition) is 2. The molecule has 0 bridgehead atoms. The van der Waals surface area contributed by atoms with E-state index in [4.69, 9.17) is 0 Å². The highest BCUT2D eigenvalue weighted by molar-refractivity contribution is 7.89. The Bertz CT molecular complexity index is 723. The van der Waals surface area contributed by atoms with Gasteiger partial charge in [-0.05, 0) is 32.1 Å². The lowest BCUT2D eigenvalue weighted by molar-refractivity contribution is -0.162. The maximum atomic E-state index is 13.0. The number of aliphatic carboxylic acids is 1. The number of aromatic nitrogens is 2. The molecular formula is C16H27N3O5S. The molecule has 142 valence electrons. The van der Waals surface area contributed by atoms with Gasteiger partial charge in [0.05, 0.1) is 12.3 Å². The van der Waals surface area contributed by atoms with Crippen LogP contribution in [0.2, 0.25) is 0 Å². The van der Waals surface area contributed by atoms with Crippen LogP contribution in [-0.4, -0.2) is 57.9 Å². The van der Waals surface area contributed by atoms with Gasteiger partial charge >= 0.3 is 5.97 Å². The Balaban J connectivity index is 2.39. The molecule has 1 fully saturated rings. The van der Waals surface area contributed by atoms with Crippen molar-refractivity contribution in [1.82, 2.24) is 14.1 Å². The fourth-order valence-electron chi connectivity index (χ4n) is 3.38. The number of nitrogens with zero attached hydrogens (tertiary/aromatic N) is 3. The first kappa shape index (κ1) is 19.9. The minimum Gasteiger partial charge on any atom is -0.481 e. The van der Waals surface area contributed by atoms with Crippen molar-refractivity contribution in [3.63, 3.8) is 0 Å². The summed E-state index contributed by atoms with van der Waals surface area (Å²) in [5, 5.41) is 24.2. The number of carbonyl (C=O) groups is 1. The third-order valence-corrected chi connectivity index (χ3v) is 7.05. The maximum absolute atomic E-state index is 13.0. The van der Waals surface area contributed by atoms with E-state index in [-0.39, 0.29) is 36.9 Å². The molecule has 1 saturated heterocycles. The first-order chi connectivity index (χ1) is 11.5. The van der Waals surface area contributed by atoms with E-state index in [1.165, 1.54) is 15.2 Å². The lowest BCUT2D eigenvalue weighted by Crippen LogP contribution is -2.57. The molecule has 1 aromatic heterocycles. The van der Waals surface area contributed by atoms with E-state index in [1.807, 2.05) is 13.8 Å². The molecule has 0 aliphatic carbocycles. The van der Waals surface area contributed by atoms with Crippen LogP contribution in [-0.2, 0) is 21.9 Å². The topological polar surface area (TPSA) is 113 Å². The second kappa shape index (κ2) is 7.05. The van der Waals surface area contributed by atoms with Crippen LogP contribution in [0.1, 0.15) is 38.7 Å². The molecule has 0 radical (unpaired) electrons. The zero-order valence-corrected chi connectivity index (χ0v) is 16.0. The average molecular weight is 373 g/mol. The maximum Gasteiger partial charge on any atom is 0.313 e. The molecule has 1 aliphatic heterocycles. The van der Waals surface area contributed by atoms with Crippen LogP contribution in [0, 0.1) is 18.3 Å². The predicted molar refractivity (Wildman–Crippen MR) is 91.5 cm³/mol. The van der Waals surface area contributed by atoms with Crippen molar-refractivity contribution in [2.75, 3.05) is 13.1 Å². The molecule has 2 N–H and O–H groups in total. The van der Waals surface area contributed by atoms with Gasteiger partial charge in [-0.25, -0.2) is 8.42 Å². The van der Waals surface area contributed by atoms with E-state index in [0.717, 1.165) is 0 Å². The second-order valence-corrected chi connectivity index (χ2v) is 9.15. The van der Waals surface area contributed by atoms with Crippen LogP contribution in [0.3, 0.4) is 0 Å². The molecule has 0 spiro atoms. The molecule has 0 saturated carbocycles. The summed E-state index contributed by atoms with van der Waals surface area (Å²) in [4.78, 5) is 12.0. The number of aliphatic hydroxyl groups is 1. The summed E-state index contributed by atoms with van der Waals surface area (Å²) in [7, 11) is -2.34. The van der Waals surface area contributed by atoms with Gasteiger partial charge in [0, 0.05) is 25.7 Å². The Hall–Kier alpha value is -1.45. The lowest BCUT2D eigenvalue weighted by Gasteiger charge is -2.43. The summed E-state index contributed by atoms with van der Waals surface area (Å²) in [6.45, 7) is 5.45. The Kier molecular flexibility index (Phi) is 5.60. The van der Waals surface area contributed by atoms with Crippen molar-refractivity contribution in [3.05, 3.63) is 11.8 Å². The fraction of sp³-hybridized carbons (Fsp3) is 0.750. The zero-order chi connectivity index (χ0) is 19.0. The van der Waals surface area contributed by atoms with Crippen LogP contribution in [0.15, 0.2) is 11.2 Å². The SMILES string of the molecule is Cc1cnn(C)c1S(=O)(=O)N1CC[C@@H](O)[C@](CCC(C)C)(C(=O)O)C1. The van der Waals surface area contributed by atoms with Gasteiger partial charge in [-0.15, -0.1) is 0 Å². The summed E-state index contributed by atoms with van der Waals surface area (Å²) < 4.78 is 28.5. The van der Waals surface area contributed by atoms with Gasteiger partial charge in [0.15, 0.2) is 5.03 Å². The van der Waals surface area contributed by atoms with E-state index in [2.05, 4.69) is 5.10 Å². The van der Waals surface area contributed by atoms with Gasteiger partial charge in [-0.1, -0.05) is 13.8 Å². The highest BCUT2D eigenvalue weighted by atomic mass is 32.2. The van der Waals surface area contributed by atoms with Gasteiger partial charge in [-0.2, -0.15) is 9.40 Å². The summed E-state index contributed by atoms with van der Waals surface area (Å²) >= 11 is 0. The average Bonchev–Trinajstić information content (AvgIpc) is 2.85. The Morgan fingerprint density at radius 3 is 2.60 bits per heavy atom. The number of carboxylic acids is 1. The van der Waals surface area contributed by atoms with E-state index in [0.29, 0.717) is 12.0 Å². The van der Waals surface area contributed by atoms with Crippen molar-refractivity contribution < 1.29 is 23.4 Å². The highest BCUT2D eigenvalue weighted by Gasteiger charge is 2.51. The normalized spacial score (nSPS) is 25.4. The summed E-state index contributed by atoms with van der Waals surface area (Å²) in [6.07, 6.45) is 1.33. The van der Waals surface area contributed by atoms with Crippen molar-refractivity contribution >= 4 is 16.0 Å². The quantitative estimate of drug-likeness (QED) is 0.769. The third-order valence-electron chi connectivity index (χ3n) is 4.98. The van der Waals surface area contributed by atoms with Crippen LogP contribution in [0.4, 0.5) is 0 Å². The standard InChI is InChI=1S/C16H27N3O5S/c1-11(2)5-7-16(15(21)22)10-19(8-6-13(16)20)25(23,24)14-12(3)9-17-18(14)4/h9,11,13,20H,5-8,10H2,1-4H3,(H,21,22)/t13-,16-/m1/s1. The third kappa shape index (κ3) is 3.58. The van der Waals surface area contributed by atoms with Gasteiger partial charge in [0.2, 0.25) is 0 Å². The van der Waals surface area contributed by atoms with Crippen LogP contribution >= 0.6 is 0 Å². The predicted octanol–water partition coefficient (Wildman–Crippen LogP) is 0.991. The fourth-order valence-corrected chi connectivity index (χ4v) is 5.22. The molecule has 0 amide bonds. The molecule has 2 atom stereocenters. The number of piperidine rings is 1. The van der Waals surface area contributed by atoms with E-state index < -0.39 is 27.5 Å². The Morgan fingerprint density at radius 2 is 2.12 bits per heavy atom. The highest BCUT2D eigenvalue weighted by Crippen LogP contribution is 2.38. The minimum absolute atomic E-state index is 0.0621. The monoisotopic (exact) mass is 373 g/mol. The molecule has 0 unspecified atom stereocenters. The minimum atomic E-state index is -3.89. The van der Waals surface area contributed by atoms with Crippen molar-refractivity contribution in [2.45, 2.75) is 51.2 Å². The first-order valence-corrected chi connectivity index (χ1v) is 9.86. The van der Waals surface area contributed by atoms with E-state index >= 15 is 0 Å². The molecular weight excluding hydrogens is 346 g/mol. The van der Waals surface area contributed by atoms with Gasteiger partial charge in [-0.3, -0.25) is 9.48 Å². The number of sulfonamides is 1. The first-order valence-electron chi connectivity index (χ1n) is 8.42. The summed E-state index contributed by atoms with van der Waals surface area (Å²) in [5.41, 5.74) is -0.973. The summed E-state index contributed by atoms with van der Waals surface area (Å²) in [5.74, 6) is -0.892. The zero-order valence-electron chi connectivity index (χ0n) is 15.1. The number of aliphatic hydroxyl groups excluding tert-OH is 1. The molecule has 25 heavy (non-hydrogen) atoms. The molecule has 1 aromatic rings. The molecule has 8 nitrogen and oxygen atoms in total. The van der Waals surface area contributed by atoms with Gasteiger partial charge in [0.1, 0.15) is 5.41 Å². The van der Waals surface area contributed by atoms with Gasteiger partial charge < -0.3 is 10.2 Å². The van der Waals surface area contributed by atoms with Crippen molar-refractivity contribution in [2.24, 2.45) is 18.4 Å². The Morgan fingerprint density at radius 1 is 1.48 bits per heavy atom.